The number of rotatable bonds is 4. The van der Waals surface area contributed by atoms with Crippen LogP contribution in [0.4, 0.5) is 17.6 Å². The number of ether oxygens (including phenoxy) is 1. The zero-order valence-corrected chi connectivity index (χ0v) is 21.4. The molecule has 0 radical (unpaired) electrons. The van der Waals surface area contributed by atoms with E-state index in [0.717, 1.165) is 12.1 Å². The van der Waals surface area contributed by atoms with Crippen LogP contribution < -0.4 is 0 Å². The molecule has 3 unspecified atom stereocenters. The lowest BCUT2D eigenvalue weighted by Crippen LogP contribution is -2.47. The average Bonchev–Trinajstić information content (AvgIpc) is 3.17. The van der Waals surface area contributed by atoms with Gasteiger partial charge in [-0.25, -0.2) is 9.18 Å². The lowest BCUT2D eigenvalue weighted by atomic mass is 9.59. The van der Waals surface area contributed by atoms with E-state index >= 15 is 0 Å². The Morgan fingerprint density at radius 1 is 1.06 bits per heavy atom. The molecule has 188 valence electrons. The third-order valence-electron chi connectivity index (χ3n) is 6.27. The highest BCUT2D eigenvalue weighted by atomic mass is 35.5. The zero-order chi connectivity index (χ0) is 25.9. The Kier molecular flexibility index (Phi) is 6.97. The van der Waals surface area contributed by atoms with Gasteiger partial charge in [0, 0.05) is 28.0 Å². The van der Waals surface area contributed by atoms with Crippen molar-refractivity contribution in [2.24, 2.45) is 11.8 Å². The van der Waals surface area contributed by atoms with E-state index in [4.69, 9.17) is 27.9 Å². The van der Waals surface area contributed by atoms with E-state index in [2.05, 4.69) is 0 Å². The van der Waals surface area contributed by atoms with E-state index in [1.807, 2.05) is 0 Å². The Morgan fingerprint density at radius 2 is 1.66 bits per heavy atom. The molecule has 0 spiro atoms. The molecular weight excluding hydrogens is 527 g/mol. The maximum Gasteiger partial charge on any atom is 0.392 e. The van der Waals surface area contributed by atoms with Gasteiger partial charge in [-0.15, -0.1) is 11.8 Å². The lowest BCUT2D eigenvalue weighted by Gasteiger charge is -2.45. The SMILES string of the molecule is CC(C)(C)OC(=O)c1ccc(C(=O)C2CC(C(F)(F)F)C2c2cc(Cl)c(F)c(Cl)c2)c2c1SCC2. The van der Waals surface area contributed by atoms with Gasteiger partial charge in [-0.05, 0) is 62.9 Å². The van der Waals surface area contributed by atoms with Gasteiger partial charge in [0.25, 0.3) is 0 Å². The van der Waals surface area contributed by atoms with Gasteiger partial charge in [0.1, 0.15) is 5.60 Å². The van der Waals surface area contributed by atoms with E-state index in [9.17, 15) is 27.2 Å². The van der Waals surface area contributed by atoms with Gasteiger partial charge in [0.05, 0.1) is 21.5 Å². The molecule has 3 nitrogen and oxygen atoms in total. The molecule has 2 aliphatic rings. The number of carbonyl (C=O) groups is 2. The van der Waals surface area contributed by atoms with Gasteiger partial charge in [-0.1, -0.05) is 29.3 Å². The molecular formula is C25H22Cl2F4O3S. The Bertz CT molecular complexity index is 1180. The minimum absolute atomic E-state index is 0.0738. The van der Waals surface area contributed by atoms with Gasteiger partial charge in [-0.3, -0.25) is 4.79 Å². The summed E-state index contributed by atoms with van der Waals surface area (Å²) in [6, 6.07) is 5.21. The highest BCUT2D eigenvalue weighted by Crippen LogP contribution is 2.57. The number of alkyl halides is 3. The van der Waals surface area contributed by atoms with Crippen LogP contribution in [-0.2, 0) is 11.2 Å². The monoisotopic (exact) mass is 548 g/mol. The number of thioether (sulfide) groups is 1. The second kappa shape index (κ2) is 9.27. The van der Waals surface area contributed by atoms with Crippen LogP contribution >= 0.6 is 35.0 Å². The van der Waals surface area contributed by atoms with Gasteiger partial charge < -0.3 is 4.74 Å². The van der Waals surface area contributed by atoms with E-state index in [0.29, 0.717) is 33.8 Å². The smallest absolute Gasteiger partial charge is 0.392 e. The van der Waals surface area contributed by atoms with Crippen LogP contribution in [-0.4, -0.2) is 29.3 Å². The first kappa shape index (κ1) is 26.3. The molecule has 1 aliphatic heterocycles. The van der Waals surface area contributed by atoms with Gasteiger partial charge in [0.2, 0.25) is 0 Å². The van der Waals surface area contributed by atoms with Crippen molar-refractivity contribution in [3.63, 3.8) is 0 Å². The van der Waals surface area contributed by atoms with Gasteiger partial charge in [0.15, 0.2) is 11.6 Å². The molecule has 2 aromatic rings. The maximum atomic E-state index is 13.9. The largest absolute Gasteiger partial charge is 0.456 e. The van der Waals surface area contributed by atoms with Crippen LogP contribution in [0.3, 0.4) is 0 Å². The molecule has 2 aromatic carbocycles. The quantitative estimate of drug-likeness (QED) is 0.168. The predicted octanol–water partition coefficient (Wildman–Crippen LogP) is 7.90. The highest BCUT2D eigenvalue weighted by Gasteiger charge is 2.58. The maximum absolute atomic E-state index is 13.9. The number of benzene rings is 2. The van der Waals surface area contributed by atoms with Crippen LogP contribution in [0.15, 0.2) is 29.2 Å². The van der Waals surface area contributed by atoms with Crippen molar-refractivity contribution in [1.82, 2.24) is 0 Å². The van der Waals surface area contributed by atoms with Crippen molar-refractivity contribution in [3.8, 4) is 0 Å². The highest BCUT2D eigenvalue weighted by molar-refractivity contribution is 7.99. The summed E-state index contributed by atoms with van der Waals surface area (Å²) >= 11 is 13.1. The first-order chi connectivity index (χ1) is 16.2. The fourth-order valence-electron chi connectivity index (χ4n) is 4.71. The fourth-order valence-corrected chi connectivity index (χ4v) is 6.42. The molecule has 0 N–H and O–H groups in total. The summed E-state index contributed by atoms with van der Waals surface area (Å²) in [5.41, 5.74) is 0.652. The second-order valence-electron chi connectivity index (χ2n) is 9.75. The van der Waals surface area contributed by atoms with E-state index in [1.165, 1.54) is 23.9 Å². The van der Waals surface area contributed by atoms with Gasteiger partial charge >= 0.3 is 12.1 Å². The number of ketones is 1. The van der Waals surface area contributed by atoms with Crippen molar-refractivity contribution >= 4 is 46.7 Å². The fraction of sp³-hybridized carbons (Fsp3) is 0.440. The Labute approximate surface area is 214 Å². The molecule has 35 heavy (non-hydrogen) atoms. The van der Waals surface area contributed by atoms with E-state index < -0.39 is 63.6 Å². The summed E-state index contributed by atoms with van der Waals surface area (Å²) in [5, 5.41) is -0.795. The first-order valence-electron chi connectivity index (χ1n) is 11.0. The Hall–Kier alpha value is -1.77. The molecule has 0 aromatic heterocycles. The molecule has 1 aliphatic carbocycles. The van der Waals surface area contributed by atoms with Crippen molar-refractivity contribution in [2.75, 3.05) is 5.75 Å². The number of hydrogen-bond acceptors (Lipinski definition) is 4. The molecule has 1 fully saturated rings. The summed E-state index contributed by atoms with van der Waals surface area (Å²) in [7, 11) is 0. The zero-order valence-electron chi connectivity index (χ0n) is 19.1. The molecule has 0 amide bonds. The predicted molar refractivity (Wildman–Crippen MR) is 127 cm³/mol. The van der Waals surface area contributed by atoms with Crippen LogP contribution in [0.25, 0.3) is 0 Å². The molecule has 3 atom stereocenters. The van der Waals surface area contributed by atoms with Crippen molar-refractivity contribution in [1.29, 1.82) is 0 Å². The third-order valence-corrected chi connectivity index (χ3v) is 7.98. The number of fused-ring (bicyclic) bond motifs is 1. The molecule has 10 heteroatoms. The molecule has 4 rings (SSSR count). The summed E-state index contributed by atoms with van der Waals surface area (Å²) in [4.78, 5) is 26.9. The van der Waals surface area contributed by atoms with Crippen molar-refractivity contribution in [2.45, 2.75) is 56.2 Å². The number of hydrogen-bond donors (Lipinski definition) is 0. The molecule has 1 saturated carbocycles. The Balaban J connectivity index is 1.71. The first-order valence-corrected chi connectivity index (χ1v) is 12.7. The van der Waals surface area contributed by atoms with Crippen LogP contribution in [0.2, 0.25) is 10.0 Å². The standard InChI is InChI=1S/C25H22Cl2F4O3S/c1-24(2,3)34-23(33)14-5-4-12(13-6-7-35-22(13)14)21(32)15-10-16(25(29,30)31)19(15)11-8-17(26)20(28)18(27)9-11/h4-5,8-9,15-16,19H,6-7,10H2,1-3H3. The minimum Gasteiger partial charge on any atom is -0.456 e. The number of Topliss-reactive ketones (excluding diaryl/α,β-unsaturated/α-hetero) is 1. The number of carbonyl (C=O) groups excluding carboxylic acids is 2. The summed E-state index contributed by atoms with van der Waals surface area (Å²) in [6.07, 6.45) is -4.44. The van der Waals surface area contributed by atoms with Crippen LogP contribution in [0, 0.1) is 17.7 Å². The number of halogens is 6. The van der Waals surface area contributed by atoms with Crippen molar-refractivity contribution in [3.05, 3.63) is 62.4 Å². The van der Waals surface area contributed by atoms with E-state index in [1.54, 1.807) is 20.8 Å². The normalized spacial score (nSPS) is 21.9. The van der Waals surface area contributed by atoms with Crippen LogP contribution in [0.5, 0.6) is 0 Å². The Morgan fingerprint density at radius 3 is 2.23 bits per heavy atom. The topological polar surface area (TPSA) is 43.4 Å². The molecule has 0 bridgehead atoms. The average molecular weight is 549 g/mol. The second-order valence-corrected chi connectivity index (χ2v) is 11.7. The van der Waals surface area contributed by atoms with Crippen molar-refractivity contribution < 1.29 is 31.9 Å². The summed E-state index contributed by atoms with van der Waals surface area (Å²) < 4.78 is 60.6. The lowest BCUT2D eigenvalue weighted by molar-refractivity contribution is -0.208. The number of esters is 1. The third kappa shape index (κ3) is 5.07. The molecule has 1 heterocycles. The summed E-state index contributed by atoms with van der Waals surface area (Å²) in [5.74, 6) is -5.25. The van der Waals surface area contributed by atoms with E-state index in [-0.39, 0.29) is 5.56 Å². The van der Waals surface area contributed by atoms with Crippen LogP contribution in [0.1, 0.15) is 65.0 Å². The summed E-state index contributed by atoms with van der Waals surface area (Å²) in [6.45, 7) is 5.24. The minimum atomic E-state index is -4.55. The molecule has 0 saturated heterocycles. The van der Waals surface area contributed by atoms with Gasteiger partial charge in [-0.2, -0.15) is 13.2 Å².